The zero-order chi connectivity index (χ0) is 9.73. The Morgan fingerprint density at radius 2 is 1.62 bits per heavy atom. The number of rotatable bonds is 3. The van der Waals surface area contributed by atoms with Gasteiger partial charge in [0, 0.05) is 19.6 Å². The molecule has 78 valence electrons. The highest BCUT2D eigenvalue weighted by Gasteiger charge is 2.21. The number of nitrogens with zero attached hydrogens (tertiary/aromatic N) is 1. The standard InChI is InChI=1S/C8H18N2O2S/c9-5-8-13(11,12)10-6-3-1-2-4-7-10/h1-9H2. The first-order valence-corrected chi connectivity index (χ1v) is 6.45. The molecule has 0 saturated carbocycles. The van der Waals surface area contributed by atoms with Gasteiger partial charge in [-0.25, -0.2) is 12.7 Å². The molecule has 5 heteroatoms. The molecule has 13 heavy (non-hydrogen) atoms. The summed E-state index contributed by atoms with van der Waals surface area (Å²) >= 11 is 0. The van der Waals surface area contributed by atoms with Crippen LogP contribution in [0.5, 0.6) is 0 Å². The Bertz CT molecular complexity index is 231. The molecule has 0 aromatic carbocycles. The fourth-order valence-electron chi connectivity index (χ4n) is 1.60. The van der Waals surface area contributed by atoms with E-state index in [0.29, 0.717) is 13.1 Å². The van der Waals surface area contributed by atoms with Gasteiger partial charge in [0.05, 0.1) is 5.75 Å². The average molecular weight is 206 g/mol. The lowest BCUT2D eigenvalue weighted by Crippen LogP contribution is -2.35. The number of hydrogen-bond acceptors (Lipinski definition) is 3. The smallest absolute Gasteiger partial charge is 0.215 e. The summed E-state index contributed by atoms with van der Waals surface area (Å²) in [6.07, 6.45) is 4.27. The van der Waals surface area contributed by atoms with Crippen LogP contribution in [0.4, 0.5) is 0 Å². The van der Waals surface area contributed by atoms with Crippen molar-refractivity contribution < 1.29 is 8.42 Å². The van der Waals surface area contributed by atoms with Gasteiger partial charge in [0.25, 0.3) is 0 Å². The molecule has 0 bridgehead atoms. The molecule has 0 radical (unpaired) electrons. The molecule has 0 amide bonds. The van der Waals surface area contributed by atoms with Crippen molar-refractivity contribution in [1.82, 2.24) is 4.31 Å². The molecule has 1 fully saturated rings. The summed E-state index contributed by atoms with van der Waals surface area (Å²) in [4.78, 5) is 0. The summed E-state index contributed by atoms with van der Waals surface area (Å²) < 4.78 is 24.8. The lowest BCUT2D eigenvalue weighted by atomic mass is 10.2. The molecule has 2 N–H and O–H groups in total. The van der Waals surface area contributed by atoms with Gasteiger partial charge in [0.2, 0.25) is 10.0 Å². The van der Waals surface area contributed by atoms with Crippen LogP contribution in [0, 0.1) is 0 Å². The molecule has 1 aliphatic heterocycles. The van der Waals surface area contributed by atoms with Gasteiger partial charge in [-0.05, 0) is 12.8 Å². The van der Waals surface area contributed by atoms with Crippen LogP contribution < -0.4 is 5.73 Å². The van der Waals surface area contributed by atoms with Crippen molar-refractivity contribution in [3.05, 3.63) is 0 Å². The van der Waals surface area contributed by atoms with Gasteiger partial charge in [0.1, 0.15) is 0 Å². The van der Waals surface area contributed by atoms with E-state index < -0.39 is 10.0 Å². The molecule has 0 atom stereocenters. The maximum atomic E-state index is 11.6. The Labute approximate surface area is 80.1 Å². The third-order valence-corrected chi connectivity index (χ3v) is 4.24. The van der Waals surface area contributed by atoms with Crippen molar-refractivity contribution in [3.8, 4) is 0 Å². The van der Waals surface area contributed by atoms with E-state index in [1.165, 1.54) is 0 Å². The van der Waals surface area contributed by atoms with Gasteiger partial charge >= 0.3 is 0 Å². The minimum absolute atomic E-state index is 0.0903. The molecule has 0 aromatic rings. The van der Waals surface area contributed by atoms with E-state index in [2.05, 4.69) is 0 Å². The molecule has 4 nitrogen and oxygen atoms in total. The van der Waals surface area contributed by atoms with E-state index in [1.54, 1.807) is 4.31 Å². The molecular weight excluding hydrogens is 188 g/mol. The number of sulfonamides is 1. The molecule has 0 spiro atoms. The molecule has 0 aliphatic carbocycles. The molecule has 0 unspecified atom stereocenters. The summed E-state index contributed by atoms with van der Waals surface area (Å²) in [6, 6.07) is 0. The molecule has 1 rings (SSSR count). The van der Waals surface area contributed by atoms with Gasteiger partial charge < -0.3 is 5.73 Å². The van der Waals surface area contributed by atoms with Crippen LogP contribution in [0.1, 0.15) is 25.7 Å². The number of hydrogen-bond donors (Lipinski definition) is 1. The van der Waals surface area contributed by atoms with Crippen molar-refractivity contribution in [2.45, 2.75) is 25.7 Å². The van der Waals surface area contributed by atoms with Crippen molar-refractivity contribution >= 4 is 10.0 Å². The molecule has 1 heterocycles. The predicted molar refractivity (Wildman–Crippen MR) is 52.9 cm³/mol. The first-order valence-electron chi connectivity index (χ1n) is 4.85. The highest BCUT2D eigenvalue weighted by molar-refractivity contribution is 7.89. The van der Waals surface area contributed by atoms with Crippen LogP contribution in [-0.2, 0) is 10.0 Å². The zero-order valence-corrected chi connectivity index (χ0v) is 8.72. The van der Waals surface area contributed by atoms with Gasteiger partial charge in [-0.15, -0.1) is 0 Å². The summed E-state index contributed by atoms with van der Waals surface area (Å²) in [5.74, 6) is 0.0903. The third-order valence-electron chi connectivity index (χ3n) is 2.33. The van der Waals surface area contributed by atoms with E-state index in [9.17, 15) is 8.42 Å². The van der Waals surface area contributed by atoms with E-state index in [1.807, 2.05) is 0 Å². The predicted octanol–water partition coefficient (Wildman–Crippen LogP) is 0.151. The largest absolute Gasteiger partial charge is 0.329 e. The highest BCUT2D eigenvalue weighted by Crippen LogP contribution is 2.13. The Morgan fingerprint density at radius 3 is 2.08 bits per heavy atom. The van der Waals surface area contributed by atoms with Crippen LogP contribution in [0.25, 0.3) is 0 Å². The Hall–Kier alpha value is -0.130. The summed E-state index contributed by atoms with van der Waals surface area (Å²) in [7, 11) is -3.05. The first-order chi connectivity index (χ1) is 6.17. The Balaban J connectivity index is 2.57. The van der Waals surface area contributed by atoms with E-state index >= 15 is 0 Å². The SMILES string of the molecule is NCCS(=O)(=O)N1CCCCCC1. The van der Waals surface area contributed by atoms with Crippen molar-refractivity contribution in [2.75, 3.05) is 25.4 Å². The van der Waals surface area contributed by atoms with Gasteiger partial charge in [0.15, 0.2) is 0 Å². The molecule has 1 saturated heterocycles. The molecule has 0 aromatic heterocycles. The second kappa shape index (κ2) is 4.93. The minimum atomic E-state index is -3.05. The molecule has 1 aliphatic rings. The monoisotopic (exact) mass is 206 g/mol. The fraction of sp³-hybridized carbons (Fsp3) is 1.00. The Morgan fingerprint density at radius 1 is 1.08 bits per heavy atom. The first kappa shape index (κ1) is 10.9. The number of nitrogens with two attached hydrogens (primary N) is 1. The van der Waals surface area contributed by atoms with E-state index in [0.717, 1.165) is 25.7 Å². The Kier molecular flexibility index (Phi) is 4.15. The van der Waals surface area contributed by atoms with Crippen LogP contribution in [0.3, 0.4) is 0 Å². The van der Waals surface area contributed by atoms with Crippen molar-refractivity contribution in [1.29, 1.82) is 0 Å². The zero-order valence-electron chi connectivity index (χ0n) is 7.91. The van der Waals surface area contributed by atoms with Crippen molar-refractivity contribution in [3.63, 3.8) is 0 Å². The minimum Gasteiger partial charge on any atom is -0.329 e. The quantitative estimate of drug-likeness (QED) is 0.715. The fourth-order valence-corrected chi connectivity index (χ4v) is 2.97. The van der Waals surface area contributed by atoms with E-state index in [-0.39, 0.29) is 12.3 Å². The summed E-state index contributed by atoms with van der Waals surface area (Å²) in [5, 5.41) is 0. The summed E-state index contributed by atoms with van der Waals surface area (Å²) in [6.45, 7) is 1.59. The normalized spacial score (nSPS) is 21.3. The van der Waals surface area contributed by atoms with Crippen LogP contribution in [-0.4, -0.2) is 38.1 Å². The van der Waals surface area contributed by atoms with Crippen LogP contribution >= 0.6 is 0 Å². The second-order valence-corrected chi connectivity index (χ2v) is 5.51. The maximum Gasteiger partial charge on any atom is 0.215 e. The van der Waals surface area contributed by atoms with Gasteiger partial charge in [-0.3, -0.25) is 0 Å². The highest BCUT2D eigenvalue weighted by atomic mass is 32.2. The average Bonchev–Trinajstić information content (AvgIpc) is 2.31. The van der Waals surface area contributed by atoms with E-state index in [4.69, 9.17) is 5.73 Å². The lowest BCUT2D eigenvalue weighted by molar-refractivity contribution is 0.424. The second-order valence-electron chi connectivity index (χ2n) is 3.42. The maximum absolute atomic E-state index is 11.6. The van der Waals surface area contributed by atoms with Gasteiger partial charge in [-0.2, -0.15) is 0 Å². The third kappa shape index (κ3) is 3.25. The lowest BCUT2D eigenvalue weighted by Gasteiger charge is -2.18. The topological polar surface area (TPSA) is 63.4 Å². The van der Waals surface area contributed by atoms with Gasteiger partial charge in [-0.1, -0.05) is 12.8 Å². The van der Waals surface area contributed by atoms with Crippen LogP contribution in [0.2, 0.25) is 0 Å². The summed E-state index contributed by atoms with van der Waals surface area (Å²) in [5.41, 5.74) is 5.25. The molecular formula is C8H18N2O2S. The van der Waals surface area contributed by atoms with Crippen LogP contribution in [0.15, 0.2) is 0 Å². The van der Waals surface area contributed by atoms with Crippen molar-refractivity contribution in [2.24, 2.45) is 5.73 Å².